The van der Waals surface area contributed by atoms with Gasteiger partial charge >= 0.3 is 23.9 Å². The first kappa shape index (κ1) is 38.4. The van der Waals surface area contributed by atoms with Crippen LogP contribution in [-0.4, -0.2) is 50.3 Å². The van der Waals surface area contributed by atoms with Crippen molar-refractivity contribution < 1.29 is 47.6 Å². The molecule has 3 aromatic carbocycles. The standard InChI is InChI=1S/C38H41ClO10/c1-3-35(40)46-25-11-7-5-9-23-44-30-17-13-28(14-18-30)37(42)48-32-21-22-34(33(39)27-32)49-38(43)29-15-19-31(20-16-29)45-24-10-6-8-12-26-47-36(41)4-2/h3-4,13-22,27H,1-2,5-12,23-26H2. The molecule has 260 valence electrons. The predicted molar refractivity (Wildman–Crippen MR) is 184 cm³/mol. The van der Waals surface area contributed by atoms with Crippen molar-refractivity contribution >= 4 is 35.5 Å². The summed E-state index contributed by atoms with van der Waals surface area (Å²) in [5.74, 6) is -0.466. The smallest absolute Gasteiger partial charge is 0.343 e. The van der Waals surface area contributed by atoms with Crippen molar-refractivity contribution in [3.63, 3.8) is 0 Å². The van der Waals surface area contributed by atoms with Gasteiger partial charge in [0.2, 0.25) is 0 Å². The van der Waals surface area contributed by atoms with Crippen molar-refractivity contribution in [2.45, 2.75) is 51.4 Å². The van der Waals surface area contributed by atoms with Gasteiger partial charge in [-0.05, 0) is 112 Å². The number of unbranched alkanes of at least 4 members (excludes halogenated alkanes) is 6. The summed E-state index contributed by atoms with van der Waals surface area (Å²) in [4.78, 5) is 47.4. The van der Waals surface area contributed by atoms with Gasteiger partial charge in [0.1, 0.15) is 23.0 Å². The highest BCUT2D eigenvalue weighted by atomic mass is 35.5. The lowest BCUT2D eigenvalue weighted by atomic mass is 10.2. The molecule has 49 heavy (non-hydrogen) atoms. The number of carbonyl (C=O) groups excluding carboxylic acids is 4. The van der Waals surface area contributed by atoms with Crippen LogP contribution in [-0.2, 0) is 19.1 Å². The van der Waals surface area contributed by atoms with Gasteiger partial charge < -0.3 is 28.4 Å². The van der Waals surface area contributed by atoms with Gasteiger partial charge in [0.15, 0.2) is 0 Å². The van der Waals surface area contributed by atoms with E-state index in [0.717, 1.165) is 63.5 Å². The van der Waals surface area contributed by atoms with E-state index in [-0.39, 0.29) is 16.5 Å². The molecular weight excluding hydrogens is 652 g/mol. The van der Waals surface area contributed by atoms with Crippen LogP contribution >= 0.6 is 11.6 Å². The van der Waals surface area contributed by atoms with Gasteiger partial charge in [-0.25, -0.2) is 19.2 Å². The molecule has 0 radical (unpaired) electrons. The zero-order chi connectivity index (χ0) is 35.3. The molecule has 0 heterocycles. The molecule has 0 bridgehead atoms. The summed E-state index contributed by atoms with van der Waals surface area (Å²) in [7, 11) is 0. The van der Waals surface area contributed by atoms with Crippen LogP contribution in [0.25, 0.3) is 0 Å². The summed E-state index contributed by atoms with van der Waals surface area (Å²) >= 11 is 6.33. The van der Waals surface area contributed by atoms with Crippen molar-refractivity contribution in [1.29, 1.82) is 0 Å². The molecule has 0 aliphatic rings. The topological polar surface area (TPSA) is 124 Å². The van der Waals surface area contributed by atoms with Crippen LogP contribution in [0, 0.1) is 0 Å². The molecule has 3 rings (SSSR count). The van der Waals surface area contributed by atoms with Crippen LogP contribution in [0.5, 0.6) is 23.0 Å². The van der Waals surface area contributed by atoms with Gasteiger partial charge in [0.25, 0.3) is 0 Å². The van der Waals surface area contributed by atoms with Crippen LogP contribution in [0.4, 0.5) is 0 Å². The van der Waals surface area contributed by atoms with Crippen LogP contribution in [0.1, 0.15) is 72.1 Å². The molecule has 0 aliphatic heterocycles. The van der Waals surface area contributed by atoms with Gasteiger partial charge in [-0.1, -0.05) is 24.8 Å². The van der Waals surface area contributed by atoms with E-state index in [9.17, 15) is 19.2 Å². The number of benzene rings is 3. The van der Waals surface area contributed by atoms with Gasteiger partial charge in [-0.3, -0.25) is 0 Å². The van der Waals surface area contributed by atoms with Gasteiger partial charge in [-0.15, -0.1) is 0 Å². The van der Waals surface area contributed by atoms with Crippen LogP contribution < -0.4 is 18.9 Å². The molecule has 0 unspecified atom stereocenters. The van der Waals surface area contributed by atoms with Gasteiger partial charge in [0, 0.05) is 18.2 Å². The molecule has 0 spiro atoms. The lowest BCUT2D eigenvalue weighted by Crippen LogP contribution is -2.10. The van der Waals surface area contributed by atoms with Crippen molar-refractivity contribution in [1.82, 2.24) is 0 Å². The number of rotatable bonds is 22. The quantitative estimate of drug-likeness (QED) is 0.0441. The van der Waals surface area contributed by atoms with Crippen molar-refractivity contribution in [3.05, 3.63) is 108 Å². The van der Waals surface area contributed by atoms with E-state index in [1.807, 2.05) is 0 Å². The summed E-state index contributed by atoms with van der Waals surface area (Å²) in [5, 5.41) is 0.0963. The first-order valence-corrected chi connectivity index (χ1v) is 16.4. The number of halogens is 1. The van der Waals surface area contributed by atoms with Crippen LogP contribution in [0.15, 0.2) is 92.0 Å². The molecule has 0 fully saturated rings. The van der Waals surface area contributed by atoms with Crippen molar-refractivity contribution in [3.8, 4) is 23.0 Å². The molecule has 11 heteroatoms. The van der Waals surface area contributed by atoms with E-state index in [4.69, 9.17) is 40.0 Å². The Morgan fingerprint density at radius 3 is 1.37 bits per heavy atom. The monoisotopic (exact) mass is 692 g/mol. The molecule has 3 aromatic rings. The van der Waals surface area contributed by atoms with Gasteiger partial charge in [-0.2, -0.15) is 0 Å². The highest BCUT2D eigenvalue weighted by Gasteiger charge is 2.15. The summed E-state index contributed by atoms with van der Waals surface area (Å²) in [6.45, 7) is 8.51. The van der Waals surface area contributed by atoms with Crippen molar-refractivity contribution in [2.75, 3.05) is 26.4 Å². The Balaban J connectivity index is 1.35. The summed E-state index contributed by atoms with van der Waals surface area (Å²) in [6, 6.07) is 17.5. The van der Waals surface area contributed by atoms with Crippen LogP contribution in [0.3, 0.4) is 0 Å². The molecule has 0 saturated heterocycles. The normalized spacial score (nSPS) is 10.4. The van der Waals surface area contributed by atoms with E-state index in [0.29, 0.717) is 49.1 Å². The van der Waals surface area contributed by atoms with E-state index < -0.39 is 23.9 Å². The Kier molecular flexibility index (Phi) is 17.0. The lowest BCUT2D eigenvalue weighted by molar-refractivity contribution is -0.138. The predicted octanol–water partition coefficient (Wildman–Crippen LogP) is 8.12. The minimum Gasteiger partial charge on any atom is -0.494 e. The van der Waals surface area contributed by atoms with E-state index in [2.05, 4.69) is 13.2 Å². The van der Waals surface area contributed by atoms with E-state index in [1.165, 1.54) is 18.2 Å². The average Bonchev–Trinajstić information content (AvgIpc) is 3.11. The van der Waals surface area contributed by atoms with Gasteiger partial charge in [0.05, 0.1) is 42.6 Å². The fourth-order valence-corrected chi connectivity index (χ4v) is 4.49. The number of hydrogen-bond donors (Lipinski definition) is 0. The second-order valence-corrected chi connectivity index (χ2v) is 11.1. The SMILES string of the molecule is C=CC(=O)OCCCCCCOc1ccc(C(=O)Oc2ccc(OC(=O)c3ccc(OCCCCCCOC(=O)C=C)cc3)c(Cl)c2)cc1. The number of hydrogen-bond acceptors (Lipinski definition) is 10. The number of carbonyl (C=O) groups is 4. The first-order valence-electron chi connectivity index (χ1n) is 16.1. The summed E-state index contributed by atoms with van der Waals surface area (Å²) in [6.07, 6.45) is 9.23. The third kappa shape index (κ3) is 14.7. The second kappa shape index (κ2) is 21.7. The highest BCUT2D eigenvalue weighted by Crippen LogP contribution is 2.30. The number of esters is 4. The van der Waals surface area contributed by atoms with E-state index in [1.54, 1.807) is 48.5 Å². The second-order valence-electron chi connectivity index (χ2n) is 10.7. The summed E-state index contributed by atoms with van der Waals surface area (Å²) < 4.78 is 32.2. The number of ether oxygens (including phenoxy) is 6. The Morgan fingerprint density at radius 1 is 0.531 bits per heavy atom. The Labute approximate surface area is 291 Å². The van der Waals surface area contributed by atoms with E-state index >= 15 is 0 Å². The molecule has 0 aromatic heterocycles. The molecule has 0 saturated carbocycles. The maximum atomic E-state index is 12.7. The molecule has 10 nitrogen and oxygen atoms in total. The minimum atomic E-state index is -0.607. The zero-order valence-corrected chi connectivity index (χ0v) is 28.1. The third-order valence-corrected chi connectivity index (χ3v) is 7.23. The summed E-state index contributed by atoms with van der Waals surface area (Å²) in [5.41, 5.74) is 0.633. The average molecular weight is 693 g/mol. The molecule has 0 amide bonds. The Hall–Kier alpha value is -5.09. The van der Waals surface area contributed by atoms with Crippen molar-refractivity contribution in [2.24, 2.45) is 0 Å². The molecule has 0 aliphatic carbocycles. The highest BCUT2D eigenvalue weighted by molar-refractivity contribution is 6.32. The third-order valence-electron chi connectivity index (χ3n) is 6.93. The Morgan fingerprint density at radius 2 is 0.939 bits per heavy atom. The maximum Gasteiger partial charge on any atom is 0.343 e. The molecular formula is C38H41ClO10. The minimum absolute atomic E-state index is 0.0963. The largest absolute Gasteiger partial charge is 0.494 e. The fraction of sp³-hybridized carbons (Fsp3) is 0.316. The Bertz CT molecular complexity index is 1530. The van der Waals surface area contributed by atoms with Crippen LogP contribution in [0.2, 0.25) is 5.02 Å². The maximum absolute atomic E-state index is 12.7. The fourth-order valence-electron chi connectivity index (χ4n) is 4.29. The first-order chi connectivity index (χ1) is 23.8. The zero-order valence-electron chi connectivity index (χ0n) is 27.4. The molecule has 0 atom stereocenters. The molecule has 0 N–H and O–H groups in total. The lowest BCUT2D eigenvalue weighted by Gasteiger charge is -2.10.